The molecule has 1 aromatic rings. The molecule has 1 rings (SSSR count). The van der Waals surface area contributed by atoms with E-state index in [2.05, 4.69) is 21.2 Å². The van der Waals surface area contributed by atoms with Gasteiger partial charge in [0.25, 0.3) is 0 Å². The maximum absolute atomic E-state index is 10.7. The molecule has 0 bridgehead atoms. The highest BCUT2D eigenvalue weighted by atomic mass is 79.9. The summed E-state index contributed by atoms with van der Waals surface area (Å²) in [5.74, 6) is -0.146. The summed E-state index contributed by atoms with van der Waals surface area (Å²) in [6.45, 7) is 3.31. The lowest BCUT2D eigenvalue weighted by atomic mass is 9.96. The van der Waals surface area contributed by atoms with Crippen molar-refractivity contribution in [3.05, 3.63) is 34.3 Å². The van der Waals surface area contributed by atoms with Crippen LogP contribution in [0, 0.1) is 0 Å². The molecule has 1 atom stereocenters. The Morgan fingerprint density at radius 1 is 1.47 bits per heavy atom. The number of nitrogens with one attached hydrogen (secondary N) is 1. The van der Waals surface area contributed by atoms with Crippen LogP contribution < -0.4 is 5.32 Å². The zero-order valence-electron chi connectivity index (χ0n) is 8.75. The molecule has 0 aromatic heterocycles. The average molecular weight is 272 g/mol. The summed E-state index contributed by atoms with van der Waals surface area (Å²) in [4.78, 5) is 10.7. The van der Waals surface area contributed by atoms with Crippen LogP contribution in [0.3, 0.4) is 0 Å². The summed E-state index contributed by atoms with van der Waals surface area (Å²) in [6, 6.07) is 7.37. The monoisotopic (exact) mass is 271 g/mol. The Morgan fingerprint density at radius 2 is 2.00 bits per heavy atom. The first-order valence-corrected chi connectivity index (χ1v) is 5.44. The van der Waals surface area contributed by atoms with Crippen molar-refractivity contribution in [2.24, 2.45) is 0 Å². The topological polar surface area (TPSA) is 49.3 Å². The summed E-state index contributed by atoms with van der Waals surface area (Å²) in [7, 11) is 0. The molecule has 0 aliphatic heterocycles. The zero-order valence-corrected chi connectivity index (χ0v) is 10.3. The summed E-state index contributed by atoms with van der Waals surface area (Å²) >= 11 is 3.32. The first kappa shape index (κ1) is 12.2. The molecule has 1 amide bonds. The van der Waals surface area contributed by atoms with E-state index in [4.69, 9.17) is 0 Å². The van der Waals surface area contributed by atoms with E-state index in [9.17, 15) is 9.90 Å². The van der Waals surface area contributed by atoms with Gasteiger partial charge < -0.3 is 10.4 Å². The highest BCUT2D eigenvalue weighted by Gasteiger charge is 2.22. The predicted octanol–water partition coefficient (Wildman–Crippen LogP) is 1.79. The number of carbonyl (C=O) groups is 1. The number of amides is 1. The highest BCUT2D eigenvalue weighted by molar-refractivity contribution is 9.10. The van der Waals surface area contributed by atoms with Gasteiger partial charge in [0.15, 0.2) is 0 Å². The lowest BCUT2D eigenvalue weighted by Crippen LogP contribution is -2.37. The number of halogens is 1. The normalized spacial score (nSPS) is 14.4. The van der Waals surface area contributed by atoms with Crippen LogP contribution in [0.5, 0.6) is 0 Å². The molecule has 0 radical (unpaired) electrons. The van der Waals surface area contributed by atoms with Crippen LogP contribution in [0.25, 0.3) is 0 Å². The molecule has 0 spiro atoms. The number of hydrogen-bond acceptors (Lipinski definition) is 2. The second-order valence-electron chi connectivity index (χ2n) is 3.69. The van der Waals surface area contributed by atoms with Crippen molar-refractivity contribution in [1.82, 2.24) is 5.32 Å². The Labute approximate surface area is 97.6 Å². The van der Waals surface area contributed by atoms with E-state index in [0.717, 1.165) is 10.0 Å². The fourth-order valence-electron chi connectivity index (χ4n) is 1.21. The van der Waals surface area contributed by atoms with Gasteiger partial charge >= 0.3 is 0 Å². The van der Waals surface area contributed by atoms with Crippen molar-refractivity contribution in [3.63, 3.8) is 0 Å². The Balaban J connectivity index is 2.76. The van der Waals surface area contributed by atoms with Crippen molar-refractivity contribution in [3.8, 4) is 0 Å². The molecule has 0 aliphatic carbocycles. The summed E-state index contributed by atoms with van der Waals surface area (Å²) in [5, 5.41) is 12.7. The molecule has 0 aliphatic rings. The molecule has 0 fully saturated rings. The fourth-order valence-corrected chi connectivity index (χ4v) is 1.47. The second-order valence-corrected chi connectivity index (χ2v) is 4.61. The van der Waals surface area contributed by atoms with E-state index in [-0.39, 0.29) is 12.5 Å². The van der Waals surface area contributed by atoms with Crippen LogP contribution >= 0.6 is 15.9 Å². The van der Waals surface area contributed by atoms with Crippen LogP contribution in [0.2, 0.25) is 0 Å². The first-order chi connectivity index (χ1) is 6.92. The van der Waals surface area contributed by atoms with E-state index in [0.29, 0.717) is 0 Å². The standard InChI is InChI=1S/C11H14BrNO2/c1-8(14)13-7-11(2,15)9-3-5-10(12)6-4-9/h3-6,15H,7H2,1-2H3,(H,13,14)/t11-/m1/s1. The third-order valence-electron chi connectivity index (χ3n) is 2.15. The van der Waals surface area contributed by atoms with E-state index in [1.54, 1.807) is 6.92 Å². The van der Waals surface area contributed by atoms with Gasteiger partial charge in [-0.25, -0.2) is 0 Å². The minimum absolute atomic E-state index is 0.146. The van der Waals surface area contributed by atoms with Crippen LogP contribution in [-0.4, -0.2) is 17.6 Å². The van der Waals surface area contributed by atoms with Crippen LogP contribution in [0.1, 0.15) is 19.4 Å². The van der Waals surface area contributed by atoms with Crippen molar-refractivity contribution in [1.29, 1.82) is 0 Å². The van der Waals surface area contributed by atoms with Crippen molar-refractivity contribution < 1.29 is 9.90 Å². The van der Waals surface area contributed by atoms with Crippen LogP contribution in [0.15, 0.2) is 28.7 Å². The summed E-state index contributed by atoms with van der Waals surface area (Å²) in [5.41, 5.74) is -0.258. The molecule has 15 heavy (non-hydrogen) atoms. The van der Waals surface area contributed by atoms with E-state index < -0.39 is 5.60 Å². The van der Waals surface area contributed by atoms with Crippen molar-refractivity contribution in [2.45, 2.75) is 19.4 Å². The Kier molecular flexibility index (Phi) is 3.88. The Hall–Kier alpha value is -0.870. The van der Waals surface area contributed by atoms with E-state index in [1.807, 2.05) is 24.3 Å². The minimum Gasteiger partial charge on any atom is -0.384 e. The third kappa shape index (κ3) is 3.64. The SMILES string of the molecule is CC(=O)NC[C@@](C)(O)c1ccc(Br)cc1. The Morgan fingerprint density at radius 3 is 2.47 bits per heavy atom. The van der Waals surface area contributed by atoms with Gasteiger partial charge in [-0.3, -0.25) is 4.79 Å². The number of aliphatic hydroxyl groups is 1. The number of rotatable bonds is 3. The molecule has 2 N–H and O–H groups in total. The number of hydrogen-bond donors (Lipinski definition) is 2. The first-order valence-electron chi connectivity index (χ1n) is 4.65. The molecule has 1 aromatic carbocycles. The predicted molar refractivity (Wildman–Crippen MR) is 62.4 cm³/mol. The summed E-state index contributed by atoms with van der Waals surface area (Å²) in [6.07, 6.45) is 0. The van der Waals surface area contributed by atoms with Crippen molar-refractivity contribution >= 4 is 21.8 Å². The zero-order chi connectivity index (χ0) is 11.5. The maximum atomic E-state index is 10.7. The quantitative estimate of drug-likeness (QED) is 0.881. The molecule has 4 heteroatoms. The van der Waals surface area contributed by atoms with Gasteiger partial charge in [0, 0.05) is 11.4 Å². The highest BCUT2D eigenvalue weighted by Crippen LogP contribution is 2.21. The van der Waals surface area contributed by atoms with Gasteiger partial charge in [0.05, 0.1) is 6.54 Å². The second kappa shape index (κ2) is 4.77. The number of carbonyl (C=O) groups excluding carboxylic acids is 1. The van der Waals surface area contributed by atoms with Gasteiger partial charge in [-0.15, -0.1) is 0 Å². The number of benzene rings is 1. The molecular weight excluding hydrogens is 258 g/mol. The minimum atomic E-state index is -1.04. The molecule has 0 saturated heterocycles. The molecule has 82 valence electrons. The lowest BCUT2D eigenvalue weighted by molar-refractivity contribution is -0.120. The molecule has 0 unspecified atom stereocenters. The van der Waals surface area contributed by atoms with Crippen LogP contribution in [0.4, 0.5) is 0 Å². The average Bonchev–Trinajstić information content (AvgIpc) is 2.16. The van der Waals surface area contributed by atoms with Gasteiger partial charge in [0.2, 0.25) is 5.91 Å². The molecule has 0 heterocycles. The molecular formula is C11H14BrNO2. The van der Waals surface area contributed by atoms with Gasteiger partial charge in [0.1, 0.15) is 5.60 Å². The van der Waals surface area contributed by atoms with E-state index in [1.165, 1.54) is 6.92 Å². The fraction of sp³-hybridized carbons (Fsp3) is 0.364. The van der Waals surface area contributed by atoms with Gasteiger partial charge in [-0.05, 0) is 24.6 Å². The lowest BCUT2D eigenvalue weighted by Gasteiger charge is -2.23. The van der Waals surface area contributed by atoms with E-state index >= 15 is 0 Å². The smallest absolute Gasteiger partial charge is 0.216 e. The molecule has 3 nitrogen and oxygen atoms in total. The third-order valence-corrected chi connectivity index (χ3v) is 2.68. The van der Waals surface area contributed by atoms with Crippen molar-refractivity contribution in [2.75, 3.05) is 6.54 Å². The van der Waals surface area contributed by atoms with Crippen LogP contribution in [-0.2, 0) is 10.4 Å². The summed E-state index contributed by atoms with van der Waals surface area (Å²) < 4.78 is 0.960. The largest absolute Gasteiger partial charge is 0.384 e. The Bertz CT molecular complexity index is 346. The maximum Gasteiger partial charge on any atom is 0.216 e. The van der Waals surface area contributed by atoms with Gasteiger partial charge in [-0.2, -0.15) is 0 Å². The molecule has 0 saturated carbocycles. The van der Waals surface area contributed by atoms with Gasteiger partial charge in [-0.1, -0.05) is 28.1 Å².